The van der Waals surface area contributed by atoms with Gasteiger partial charge >= 0.3 is 12.0 Å². The van der Waals surface area contributed by atoms with E-state index in [0.29, 0.717) is 61.1 Å². The molecule has 0 aromatic heterocycles. The molecule has 1 fully saturated rings. The quantitative estimate of drug-likeness (QED) is 0.504. The summed E-state index contributed by atoms with van der Waals surface area (Å²) in [6, 6.07) is 4.21. The van der Waals surface area contributed by atoms with Crippen molar-refractivity contribution in [2.24, 2.45) is 5.92 Å². The number of likely N-dealkylation sites (N-methyl/N-ethyl adjacent to an activating group) is 1. The molecule has 0 saturated carbocycles. The Morgan fingerprint density at radius 1 is 1.08 bits per heavy atom. The molecule has 37 heavy (non-hydrogen) atoms. The van der Waals surface area contributed by atoms with Crippen molar-refractivity contribution in [2.45, 2.75) is 40.2 Å². The third-order valence-electron chi connectivity index (χ3n) is 6.77. The van der Waals surface area contributed by atoms with Crippen molar-refractivity contribution < 1.29 is 28.6 Å². The fourth-order valence-electron chi connectivity index (χ4n) is 4.88. The molecule has 1 aromatic rings. The molecule has 0 aliphatic carbocycles. The second-order valence-electron chi connectivity index (χ2n) is 9.43. The first-order chi connectivity index (χ1) is 17.7. The van der Waals surface area contributed by atoms with Gasteiger partial charge < -0.3 is 24.4 Å². The largest absolute Gasteiger partial charge is 0.497 e. The highest BCUT2D eigenvalue weighted by atomic mass is 16.5. The maximum absolute atomic E-state index is 13.4. The number of rotatable bonds is 9. The van der Waals surface area contributed by atoms with Gasteiger partial charge in [-0.25, -0.2) is 9.59 Å². The predicted molar refractivity (Wildman–Crippen MR) is 139 cm³/mol. The topological polar surface area (TPSA) is 101 Å². The van der Waals surface area contributed by atoms with Crippen LogP contribution in [-0.2, 0) is 14.3 Å². The summed E-state index contributed by atoms with van der Waals surface area (Å²) in [6.07, 6.45) is 0.811. The molecular weight excluding hydrogens is 476 g/mol. The predicted octanol–water partition coefficient (Wildman–Crippen LogP) is 2.80. The number of hydrogen-bond acceptors (Lipinski definition) is 7. The standard InChI is InChI=1S/C27H40N4O6/c1-7-31-21(17-29-12-9-13-30(15-14-29)25(32)18(3)4)23(26(33)37-8-2)24(28-27(31)34)20-16-19(35-5)10-11-22(20)36-6/h10-11,16,18,24H,7-9,12-15,17H2,1-6H3,(H,28,34)/t24-/m1/s1. The Morgan fingerprint density at radius 2 is 1.84 bits per heavy atom. The van der Waals surface area contributed by atoms with Gasteiger partial charge in [0.25, 0.3) is 0 Å². The number of esters is 1. The Hall–Kier alpha value is -3.27. The van der Waals surface area contributed by atoms with Crippen LogP contribution in [0, 0.1) is 5.92 Å². The Balaban J connectivity index is 2.05. The van der Waals surface area contributed by atoms with Crippen molar-refractivity contribution in [1.82, 2.24) is 20.0 Å². The molecule has 204 valence electrons. The van der Waals surface area contributed by atoms with Crippen molar-refractivity contribution in [3.05, 3.63) is 35.0 Å². The number of nitrogens with one attached hydrogen (secondary N) is 1. The highest BCUT2D eigenvalue weighted by molar-refractivity contribution is 5.95. The molecule has 1 atom stereocenters. The van der Waals surface area contributed by atoms with E-state index in [4.69, 9.17) is 14.2 Å². The summed E-state index contributed by atoms with van der Waals surface area (Å²) in [5.74, 6) is 0.703. The monoisotopic (exact) mass is 516 g/mol. The Bertz CT molecular complexity index is 1020. The first kappa shape index (κ1) is 28.3. The third-order valence-corrected chi connectivity index (χ3v) is 6.77. The van der Waals surface area contributed by atoms with Crippen LogP contribution < -0.4 is 14.8 Å². The lowest BCUT2D eigenvalue weighted by Crippen LogP contribution is -2.51. The Labute approximate surface area is 219 Å². The molecule has 1 N–H and O–H groups in total. The van der Waals surface area contributed by atoms with Crippen molar-refractivity contribution in [1.29, 1.82) is 0 Å². The molecule has 0 radical (unpaired) electrons. The van der Waals surface area contributed by atoms with Crippen LogP contribution in [0.2, 0.25) is 0 Å². The number of hydrogen-bond donors (Lipinski definition) is 1. The van der Waals surface area contributed by atoms with Crippen LogP contribution >= 0.6 is 0 Å². The minimum Gasteiger partial charge on any atom is -0.497 e. The second-order valence-corrected chi connectivity index (χ2v) is 9.43. The highest BCUT2D eigenvalue weighted by Crippen LogP contribution is 2.38. The maximum atomic E-state index is 13.4. The molecule has 0 unspecified atom stereocenters. The van der Waals surface area contributed by atoms with Crippen LogP contribution in [0.3, 0.4) is 0 Å². The van der Waals surface area contributed by atoms with Gasteiger partial charge in [0, 0.05) is 56.4 Å². The molecule has 1 aromatic carbocycles. The van der Waals surface area contributed by atoms with Crippen molar-refractivity contribution >= 4 is 17.9 Å². The Morgan fingerprint density at radius 3 is 2.46 bits per heavy atom. The maximum Gasteiger partial charge on any atom is 0.338 e. The molecule has 0 spiro atoms. The average Bonchev–Trinajstić information content (AvgIpc) is 3.13. The molecular formula is C27H40N4O6. The van der Waals surface area contributed by atoms with E-state index in [0.717, 1.165) is 13.0 Å². The van der Waals surface area contributed by atoms with Gasteiger partial charge in [-0.1, -0.05) is 13.8 Å². The molecule has 2 aliphatic heterocycles. The van der Waals surface area contributed by atoms with E-state index in [-0.39, 0.29) is 24.5 Å². The fraction of sp³-hybridized carbons (Fsp3) is 0.593. The number of methoxy groups -OCH3 is 2. The lowest BCUT2D eigenvalue weighted by molar-refractivity contribution is -0.139. The molecule has 10 nitrogen and oxygen atoms in total. The van der Waals surface area contributed by atoms with Crippen molar-refractivity contribution in [3.8, 4) is 11.5 Å². The SMILES string of the molecule is CCOC(=O)C1=C(CN2CCCN(C(=O)C(C)C)CC2)N(CC)C(=O)N[C@@H]1c1cc(OC)ccc1OC. The molecule has 3 amide bonds. The van der Waals surface area contributed by atoms with Crippen LogP contribution in [0.25, 0.3) is 0 Å². The zero-order valence-electron chi connectivity index (χ0n) is 22.8. The van der Waals surface area contributed by atoms with Gasteiger partial charge in [-0.05, 0) is 38.5 Å². The van der Waals surface area contributed by atoms with Gasteiger partial charge in [-0.15, -0.1) is 0 Å². The number of nitrogens with zero attached hydrogens (tertiary/aromatic N) is 3. The van der Waals surface area contributed by atoms with E-state index in [1.54, 1.807) is 44.2 Å². The van der Waals surface area contributed by atoms with Gasteiger partial charge in [0.05, 0.1) is 32.4 Å². The van der Waals surface area contributed by atoms with Gasteiger partial charge in [0.1, 0.15) is 11.5 Å². The number of amides is 3. The number of carbonyl (C=O) groups is 3. The van der Waals surface area contributed by atoms with E-state index < -0.39 is 12.0 Å². The van der Waals surface area contributed by atoms with E-state index >= 15 is 0 Å². The van der Waals surface area contributed by atoms with E-state index in [1.165, 1.54) is 0 Å². The summed E-state index contributed by atoms with van der Waals surface area (Å²) < 4.78 is 16.5. The van der Waals surface area contributed by atoms with E-state index in [1.807, 2.05) is 25.7 Å². The summed E-state index contributed by atoms with van der Waals surface area (Å²) >= 11 is 0. The molecule has 2 heterocycles. The summed E-state index contributed by atoms with van der Waals surface area (Å²) in [5, 5.41) is 2.98. The van der Waals surface area contributed by atoms with Crippen LogP contribution in [0.15, 0.2) is 29.5 Å². The van der Waals surface area contributed by atoms with Gasteiger partial charge in [0.2, 0.25) is 5.91 Å². The van der Waals surface area contributed by atoms with E-state index in [2.05, 4.69) is 10.2 Å². The second kappa shape index (κ2) is 12.8. The molecule has 10 heteroatoms. The normalized spacial score (nSPS) is 19.0. The number of ether oxygens (including phenoxy) is 3. The van der Waals surface area contributed by atoms with Crippen LogP contribution in [-0.4, -0.2) is 92.7 Å². The summed E-state index contributed by atoms with van der Waals surface area (Å²) in [7, 11) is 3.11. The minimum atomic E-state index is -0.777. The van der Waals surface area contributed by atoms with Crippen LogP contribution in [0.1, 0.15) is 45.7 Å². The first-order valence-corrected chi connectivity index (χ1v) is 13.0. The third kappa shape index (κ3) is 6.36. The lowest BCUT2D eigenvalue weighted by Gasteiger charge is -2.38. The van der Waals surface area contributed by atoms with E-state index in [9.17, 15) is 14.4 Å². The van der Waals surface area contributed by atoms with Crippen molar-refractivity contribution in [2.75, 3.05) is 60.1 Å². The van der Waals surface area contributed by atoms with Gasteiger partial charge in [-0.2, -0.15) is 0 Å². The van der Waals surface area contributed by atoms with Crippen LogP contribution in [0.4, 0.5) is 4.79 Å². The fourth-order valence-corrected chi connectivity index (χ4v) is 4.88. The zero-order chi connectivity index (χ0) is 27.1. The van der Waals surface area contributed by atoms with Crippen LogP contribution in [0.5, 0.6) is 11.5 Å². The number of urea groups is 1. The summed E-state index contributed by atoms with van der Waals surface area (Å²) in [6.45, 7) is 11.1. The summed E-state index contributed by atoms with van der Waals surface area (Å²) in [4.78, 5) is 45.0. The van der Waals surface area contributed by atoms with Gasteiger partial charge in [-0.3, -0.25) is 14.6 Å². The smallest absolute Gasteiger partial charge is 0.338 e. The highest BCUT2D eigenvalue weighted by Gasteiger charge is 2.39. The Kier molecular flexibility index (Phi) is 9.79. The molecule has 0 bridgehead atoms. The summed E-state index contributed by atoms with van der Waals surface area (Å²) in [5.41, 5.74) is 1.58. The zero-order valence-corrected chi connectivity index (χ0v) is 22.8. The van der Waals surface area contributed by atoms with Crippen molar-refractivity contribution in [3.63, 3.8) is 0 Å². The molecule has 2 aliphatic rings. The number of benzene rings is 1. The average molecular weight is 517 g/mol. The molecule has 3 rings (SSSR count). The molecule has 1 saturated heterocycles. The minimum absolute atomic E-state index is 0.0547. The number of carbonyl (C=O) groups excluding carboxylic acids is 3. The lowest BCUT2D eigenvalue weighted by atomic mass is 9.93. The van der Waals surface area contributed by atoms with Gasteiger partial charge in [0.15, 0.2) is 0 Å². The first-order valence-electron chi connectivity index (χ1n) is 13.0.